The molecular formula is C90H60. The maximum atomic E-state index is 2.30. The molecule has 18 aromatic rings. The smallest absolute Gasteiger partial charge is 0.00990 e. The van der Waals surface area contributed by atoms with E-state index in [9.17, 15) is 0 Å². The molecule has 18 rings (SSSR count). The number of benzene rings is 18. The molecule has 90 heavy (non-hydrogen) atoms. The topological polar surface area (TPSA) is 0 Å². The molecule has 0 bridgehead atoms. The summed E-state index contributed by atoms with van der Waals surface area (Å²) in [5.74, 6) is 0. The molecule has 0 amide bonds. The lowest BCUT2D eigenvalue weighted by Gasteiger charge is -2.14. The van der Waals surface area contributed by atoms with Crippen LogP contribution in [0.1, 0.15) is 0 Å². The van der Waals surface area contributed by atoms with Crippen molar-refractivity contribution in [3.8, 4) is 66.8 Å². The zero-order valence-corrected chi connectivity index (χ0v) is 49.6. The van der Waals surface area contributed by atoms with E-state index in [4.69, 9.17) is 0 Å². The quantitative estimate of drug-likeness (QED) is 0.156. The van der Waals surface area contributed by atoms with Gasteiger partial charge in [-0.1, -0.05) is 346 Å². The Hall–Kier alpha value is -11.7. The van der Waals surface area contributed by atoms with Crippen LogP contribution in [0.2, 0.25) is 0 Å². The van der Waals surface area contributed by atoms with Crippen molar-refractivity contribution in [3.63, 3.8) is 0 Å². The molecule has 0 aliphatic heterocycles. The molecule has 0 aromatic heterocycles. The van der Waals surface area contributed by atoms with Crippen LogP contribution in [-0.2, 0) is 0 Å². The predicted octanol–water partition coefficient (Wildman–Crippen LogP) is 25.4. The normalized spacial score (nSPS) is 11.3. The fraction of sp³-hybridized carbons (Fsp3) is 0. The zero-order chi connectivity index (χ0) is 59.7. The molecule has 0 radical (unpaired) electrons. The Kier molecular flexibility index (Phi) is 14.1. The monoisotopic (exact) mass is 1140 g/mol. The van der Waals surface area contributed by atoms with Gasteiger partial charge in [0.15, 0.2) is 0 Å². The summed E-state index contributed by atoms with van der Waals surface area (Å²) in [4.78, 5) is 0. The van der Waals surface area contributed by atoms with Gasteiger partial charge >= 0.3 is 0 Å². The fourth-order valence-electron chi connectivity index (χ4n) is 13.8. The highest BCUT2D eigenvalue weighted by molar-refractivity contribution is 6.13. The molecule has 0 aliphatic rings. The van der Waals surface area contributed by atoms with Crippen molar-refractivity contribution in [2.75, 3.05) is 0 Å². The van der Waals surface area contributed by atoms with E-state index >= 15 is 0 Å². The summed E-state index contributed by atoms with van der Waals surface area (Å²) < 4.78 is 0. The van der Waals surface area contributed by atoms with Gasteiger partial charge in [0, 0.05) is 0 Å². The van der Waals surface area contributed by atoms with Crippen molar-refractivity contribution in [1.82, 2.24) is 0 Å². The average Bonchev–Trinajstić information content (AvgIpc) is 1.00. The van der Waals surface area contributed by atoms with E-state index in [1.807, 2.05) is 0 Å². The molecule has 0 unspecified atom stereocenters. The maximum absolute atomic E-state index is 2.30. The third-order valence-electron chi connectivity index (χ3n) is 18.2. The summed E-state index contributed by atoms with van der Waals surface area (Å²) in [5, 5.41) is 23.1. The second-order valence-corrected chi connectivity index (χ2v) is 23.4. The minimum absolute atomic E-state index is 1.26. The summed E-state index contributed by atoms with van der Waals surface area (Å²) in [5.41, 5.74) is 15.3. The van der Waals surface area contributed by atoms with E-state index in [-0.39, 0.29) is 0 Å². The third kappa shape index (κ3) is 10.1. The van der Waals surface area contributed by atoms with Gasteiger partial charge in [-0.3, -0.25) is 0 Å². The van der Waals surface area contributed by atoms with E-state index in [1.54, 1.807) is 0 Å². The molecule has 0 saturated heterocycles. The van der Waals surface area contributed by atoms with Crippen molar-refractivity contribution in [1.29, 1.82) is 0 Å². The first-order valence-corrected chi connectivity index (χ1v) is 31.1. The second-order valence-electron chi connectivity index (χ2n) is 23.4. The summed E-state index contributed by atoms with van der Waals surface area (Å²) in [6, 6.07) is 132. The van der Waals surface area contributed by atoms with Crippen LogP contribution in [0, 0.1) is 0 Å². The standard InChI is InChI=1S/3C30H20/c1-3-13-23-21(9-1)11-5-15-25(23)27-17-7-20-30-28(18-8-19-29(27)30)26-16-6-12-22-10-2-4-14-24(22)26;1-3-9-23-19-25(17-15-21(23)7-1)27-11-5-14-30-28(12-6-13-29(27)30)26-18-16-22-8-2-4-10-24(22)20-26;1-2-10-23-20-24(19-18-21(23)8-1)26-13-6-16-30-28(26)15-7-17-29(30)27-14-5-11-22-9-3-4-12-25(22)27/h3*1-20H. The van der Waals surface area contributed by atoms with Gasteiger partial charge in [-0.2, -0.15) is 0 Å². The minimum Gasteiger partial charge on any atom is -0.0616 e. The molecule has 420 valence electrons. The lowest BCUT2D eigenvalue weighted by molar-refractivity contribution is 1.66. The first kappa shape index (κ1) is 53.7. The molecule has 0 aliphatic carbocycles. The van der Waals surface area contributed by atoms with Gasteiger partial charge in [0.05, 0.1) is 0 Å². The largest absolute Gasteiger partial charge is 0.0616 e. The lowest BCUT2D eigenvalue weighted by Crippen LogP contribution is -1.87. The van der Waals surface area contributed by atoms with Crippen LogP contribution in [0.3, 0.4) is 0 Å². The highest BCUT2D eigenvalue weighted by atomic mass is 14.2. The number of rotatable bonds is 6. The Bertz CT molecular complexity index is 5480. The fourth-order valence-corrected chi connectivity index (χ4v) is 13.8. The first-order chi connectivity index (χ1) is 44.6. The molecular weight excluding hydrogens is 1080 g/mol. The molecule has 0 N–H and O–H groups in total. The van der Waals surface area contributed by atoms with E-state index in [0.29, 0.717) is 0 Å². The molecule has 0 saturated carbocycles. The number of fused-ring (bicyclic) bond motifs is 9. The Morgan fingerprint density at radius 1 is 0.100 bits per heavy atom. The predicted molar refractivity (Wildman–Crippen MR) is 389 cm³/mol. The zero-order valence-electron chi connectivity index (χ0n) is 49.6. The Balaban J connectivity index is 0.000000108. The van der Waals surface area contributed by atoms with E-state index in [2.05, 4.69) is 364 Å². The molecule has 0 heteroatoms. The van der Waals surface area contributed by atoms with Crippen molar-refractivity contribution < 1.29 is 0 Å². The summed E-state index contributed by atoms with van der Waals surface area (Å²) in [6.07, 6.45) is 0. The van der Waals surface area contributed by atoms with Crippen LogP contribution < -0.4 is 0 Å². The van der Waals surface area contributed by atoms with Gasteiger partial charge in [0.25, 0.3) is 0 Å². The average molecular weight is 1140 g/mol. The molecule has 0 nitrogen and oxygen atoms in total. The van der Waals surface area contributed by atoms with Gasteiger partial charge < -0.3 is 0 Å². The van der Waals surface area contributed by atoms with E-state index in [0.717, 1.165) is 0 Å². The van der Waals surface area contributed by atoms with Crippen LogP contribution in [0.25, 0.3) is 164 Å². The van der Waals surface area contributed by atoms with Gasteiger partial charge in [-0.25, -0.2) is 0 Å². The van der Waals surface area contributed by atoms with Crippen LogP contribution in [0.5, 0.6) is 0 Å². The molecule has 0 spiro atoms. The minimum atomic E-state index is 1.26. The highest BCUT2D eigenvalue weighted by Crippen LogP contribution is 2.42. The summed E-state index contributed by atoms with van der Waals surface area (Å²) >= 11 is 0. The van der Waals surface area contributed by atoms with Crippen LogP contribution in [0.15, 0.2) is 364 Å². The first-order valence-electron chi connectivity index (χ1n) is 31.1. The maximum Gasteiger partial charge on any atom is -0.00990 e. The molecule has 0 fully saturated rings. The van der Waals surface area contributed by atoms with Gasteiger partial charge in [-0.15, -0.1) is 0 Å². The van der Waals surface area contributed by atoms with Crippen LogP contribution in [0.4, 0.5) is 0 Å². The van der Waals surface area contributed by atoms with Crippen LogP contribution >= 0.6 is 0 Å². The van der Waals surface area contributed by atoms with Gasteiger partial charge in [0.2, 0.25) is 0 Å². The number of hydrogen-bond donors (Lipinski definition) is 0. The Labute approximate surface area is 524 Å². The van der Waals surface area contributed by atoms with Crippen molar-refractivity contribution in [2.24, 2.45) is 0 Å². The van der Waals surface area contributed by atoms with Gasteiger partial charge in [0.1, 0.15) is 0 Å². The molecule has 18 aromatic carbocycles. The van der Waals surface area contributed by atoms with Crippen LogP contribution in [-0.4, -0.2) is 0 Å². The summed E-state index contributed by atoms with van der Waals surface area (Å²) in [7, 11) is 0. The SMILES string of the molecule is c1ccc2c(-c3cccc4c(-c5cccc6ccccc56)cccc34)cccc2c1.c1ccc2cc(-c3cccc4c(-c5ccc6ccccc6c5)cccc34)ccc2c1.c1ccc2cc(-c3cccc4c(-c5cccc6ccccc56)cccc34)ccc2c1. The lowest BCUT2D eigenvalue weighted by atomic mass is 9.89. The van der Waals surface area contributed by atoms with Crippen molar-refractivity contribution in [2.45, 2.75) is 0 Å². The highest BCUT2D eigenvalue weighted by Gasteiger charge is 2.15. The third-order valence-corrected chi connectivity index (χ3v) is 18.2. The summed E-state index contributed by atoms with van der Waals surface area (Å²) in [6.45, 7) is 0. The molecule has 0 heterocycles. The van der Waals surface area contributed by atoms with Gasteiger partial charge in [-0.05, 0) is 182 Å². The Morgan fingerprint density at radius 2 is 0.278 bits per heavy atom. The Morgan fingerprint density at radius 3 is 0.556 bits per heavy atom. The molecule has 0 atom stereocenters. The van der Waals surface area contributed by atoms with Crippen molar-refractivity contribution in [3.05, 3.63) is 364 Å². The van der Waals surface area contributed by atoms with Crippen molar-refractivity contribution >= 4 is 97.0 Å². The van der Waals surface area contributed by atoms with E-state index in [1.165, 1.54) is 164 Å². The second kappa shape index (κ2) is 23.5. The van der Waals surface area contributed by atoms with E-state index < -0.39 is 0 Å². The number of hydrogen-bond acceptors (Lipinski definition) is 0.